The molecule has 0 aromatic rings. The Bertz CT molecular complexity index is 722. The summed E-state index contributed by atoms with van der Waals surface area (Å²) in [6.07, 6.45) is 14.9. The van der Waals surface area contributed by atoms with Crippen LogP contribution in [0.15, 0.2) is 35.1 Å². The van der Waals surface area contributed by atoms with Crippen LogP contribution in [0, 0.1) is 17.8 Å². The number of rotatable bonds is 9. The first-order valence-electron chi connectivity index (χ1n) is 12.3. The molecule has 4 atom stereocenters. The third-order valence-electron chi connectivity index (χ3n) is 7.11. The van der Waals surface area contributed by atoms with E-state index in [1.165, 1.54) is 24.0 Å². The van der Waals surface area contributed by atoms with Crippen molar-refractivity contribution < 1.29 is 14.3 Å². The molecule has 0 aromatic carbocycles. The van der Waals surface area contributed by atoms with Crippen LogP contribution < -0.4 is 11.1 Å². The van der Waals surface area contributed by atoms with Gasteiger partial charge in [0.25, 0.3) is 0 Å². The minimum atomic E-state index is -0.366. The molecular formula is C26H42N2O3. The molecule has 5 nitrogen and oxygen atoms in total. The van der Waals surface area contributed by atoms with Crippen molar-refractivity contribution in [3.05, 3.63) is 35.1 Å². The zero-order valence-electron chi connectivity index (χ0n) is 19.9. The van der Waals surface area contributed by atoms with E-state index in [4.69, 9.17) is 15.2 Å². The quantitative estimate of drug-likeness (QED) is 0.368. The SMILES string of the molecule is CCCCCC1=CC2OC(C)(C)[C@@H]3CCC(C)=C[C@H]3C2C(OC(=O)NCCCCN)=C1. The lowest BCUT2D eigenvalue weighted by atomic mass is 9.63. The van der Waals surface area contributed by atoms with Gasteiger partial charge in [-0.15, -0.1) is 0 Å². The maximum absolute atomic E-state index is 12.6. The number of alkyl carbamates (subject to hydrolysis) is 1. The van der Waals surface area contributed by atoms with Gasteiger partial charge >= 0.3 is 6.09 Å². The van der Waals surface area contributed by atoms with E-state index in [0.29, 0.717) is 24.9 Å². The monoisotopic (exact) mass is 430 g/mol. The molecule has 0 spiro atoms. The summed E-state index contributed by atoms with van der Waals surface area (Å²) in [6, 6.07) is 0. The van der Waals surface area contributed by atoms with E-state index in [9.17, 15) is 4.79 Å². The number of carbonyl (C=O) groups excluding carboxylic acids is 1. The van der Waals surface area contributed by atoms with Gasteiger partial charge in [0, 0.05) is 6.54 Å². The lowest BCUT2D eigenvalue weighted by molar-refractivity contribution is -0.170. The molecule has 3 N–H and O–H groups in total. The topological polar surface area (TPSA) is 73.6 Å². The van der Waals surface area contributed by atoms with Gasteiger partial charge in [-0.05, 0) is 89.3 Å². The summed E-state index contributed by atoms with van der Waals surface area (Å²) in [5, 5.41) is 2.89. The van der Waals surface area contributed by atoms with Crippen LogP contribution in [0.4, 0.5) is 4.79 Å². The number of fused-ring (bicyclic) bond motifs is 3. The highest BCUT2D eigenvalue weighted by molar-refractivity contribution is 5.68. The highest BCUT2D eigenvalue weighted by Crippen LogP contribution is 2.51. The molecular weight excluding hydrogens is 388 g/mol. The van der Waals surface area contributed by atoms with Crippen LogP contribution in [0.2, 0.25) is 0 Å². The molecule has 3 rings (SSSR count). The third kappa shape index (κ3) is 6.01. The first-order valence-corrected chi connectivity index (χ1v) is 12.3. The lowest BCUT2D eigenvalue weighted by Gasteiger charge is -2.53. The van der Waals surface area contributed by atoms with Gasteiger partial charge in [-0.3, -0.25) is 0 Å². The van der Waals surface area contributed by atoms with Crippen molar-refractivity contribution in [2.75, 3.05) is 13.1 Å². The fraction of sp³-hybridized carbons (Fsp3) is 0.731. The van der Waals surface area contributed by atoms with Gasteiger partial charge in [-0.2, -0.15) is 0 Å². The minimum Gasteiger partial charge on any atom is -0.414 e. The van der Waals surface area contributed by atoms with Crippen molar-refractivity contribution in [1.29, 1.82) is 0 Å². The largest absolute Gasteiger partial charge is 0.414 e. The molecule has 0 aromatic heterocycles. The summed E-state index contributed by atoms with van der Waals surface area (Å²) >= 11 is 0. The molecule has 0 saturated carbocycles. The second-order valence-corrected chi connectivity index (χ2v) is 10.0. The average molecular weight is 431 g/mol. The maximum atomic E-state index is 12.6. The molecule has 174 valence electrons. The maximum Gasteiger partial charge on any atom is 0.412 e. The number of unbranched alkanes of at least 4 members (excludes halogenated alkanes) is 3. The predicted molar refractivity (Wildman–Crippen MR) is 125 cm³/mol. The van der Waals surface area contributed by atoms with Gasteiger partial charge in [0.1, 0.15) is 5.76 Å². The highest BCUT2D eigenvalue weighted by Gasteiger charge is 2.51. The zero-order chi connectivity index (χ0) is 22.4. The number of carbonyl (C=O) groups is 1. The van der Waals surface area contributed by atoms with Crippen LogP contribution >= 0.6 is 0 Å². The van der Waals surface area contributed by atoms with Crippen LogP contribution in [0.3, 0.4) is 0 Å². The fourth-order valence-electron chi connectivity index (χ4n) is 5.46. The molecule has 0 bridgehead atoms. The number of amides is 1. The van der Waals surface area contributed by atoms with Crippen molar-refractivity contribution in [2.45, 2.75) is 90.8 Å². The zero-order valence-corrected chi connectivity index (χ0v) is 19.9. The molecule has 1 saturated heterocycles. The normalized spacial score (nSPS) is 29.1. The second kappa shape index (κ2) is 10.8. The molecule has 1 amide bonds. The van der Waals surface area contributed by atoms with E-state index >= 15 is 0 Å². The number of hydrogen-bond donors (Lipinski definition) is 2. The highest BCUT2D eigenvalue weighted by atomic mass is 16.6. The molecule has 5 heteroatoms. The van der Waals surface area contributed by atoms with Crippen molar-refractivity contribution in [1.82, 2.24) is 5.32 Å². The van der Waals surface area contributed by atoms with E-state index in [1.54, 1.807) is 0 Å². The number of nitrogens with one attached hydrogen (secondary N) is 1. The van der Waals surface area contributed by atoms with E-state index in [1.807, 2.05) is 0 Å². The predicted octanol–water partition coefficient (Wildman–Crippen LogP) is 5.62. The first kappa shape index (κ1) is 24.1. The van der Waals surface area contributed by atoms with E-state index in [-0.39, 0.29) is 23.7 Å². The van der Waals surface area contributed by atoms with Crippen molar-refractivity contribution in [2.24, 2.45) is 23.5 Å². The molecule has 3 aliphatic rings. The Balaban J connectivity index is 1.83. The lowest BCUT2D eigenvalue weighted by Crippen LogP contribution is -2.54. The molecule has 1 fully saturated rings. The molecule has 1 aliphatic heterocycles. The Kier molecular flexibility index (Phi) is 8.40. The van der Waals surface area contributed by atoms with Gasteiger partial charge in [0.2, 0.25) is 0 Å². The Morgan fingerprint density at radius 2 is 2.06 bits per heavy atom. The molecule has 2 aliphatic carbocycles. The van der Waals surface area contributed by atoms with Gasteiger partial charge in [-0.25, -0.2) is 4.79 Å². The Labute approximate surface area is 188 Å². The first-order chi connectivity index (χ1) is 14.9. The van der Waals surface area contributed by atoms with Crippen LogP contribution in [-0.2, 0) is 9.47 Å². The minimum absolute atomic E-state index is 0.0537. The standard InChI is InChI=1S/C26H42N2O3/c1-5-6-7-10-19-16-22(30-25(29)28-14-9-8-13-27)24-20-15-18(2)11-12-21(20)26(3,4)31-23(24)17-19/h15-17,20-21,23-24H,5-14,27H2,1-4H3,(H,28,29)/t20-,21-,23?,24?/m1/s1. The summed E-state index contributed by atoms with van der Waals surface area (Å²) in [5.41, 5.74) is 8.02. The Hall–Kier alpha value is -1.59. The van der Waals surface area contributed by atoms with Crippen LogP contribution in [-0.4, -0.2) is 30.9 Å². The van der Waals surface area contributed by atoms with Crippen LogP contribution in [0.1, 0.15) is 79.1 Å². The van der Waals surface area contributed by atoms with E-state index in [2.05, 4.69) is 51.2 Å². The Morgan fingerprint density at radius 1 is 1.26 bits per heavy atom. The van der Waals surface area contributed by atoms with Gasteiger partial charge in [0.05, 0.1) is 17.6 Å². The smallest absolute Gasteiger partial charge is 0.412 e. The van der Waals surface area contributed by atoms with Crippen molar-refractivity contribution in [3.63, 3.8) is 0 Å². The van der Waals surface area contributed by atoms with Crippen LogP contribution in [0.5, 0.6) is 0 Å². The van der Waals surface area contributed by atoms with Gasteiger partial charge < -0.3 is 20.5 Å². The number of nitrogens with two attached hydrogens (primary N) is 1. The van der Waals surface area contributed by atoms with Crippen molar-refractivity contribution in [3.8, 4) is 0 Å². The molecule has 31 heavy (non-hydrogen) atoms. The second-order valence-electron chi connectivity index (χ2n) is 10.0. The summed E-state index contributed by atoms with van der Waals surface area (Å²) < 4.78 is 12.6. The number of hydrogen-bond acceptors (Lipinski definition) is 4. The molecule has 2 unspecified atom stereocenters. The molecule has 1 heterocycles. The van der Waals surface area contributed by atoms with E-state index in [0.717, 1.165) is 44.3 Å². The fourth-order valence-corrected chi connectivity index (χ4v) is 5.46. The number of ether oxygens (including phenoxy) is 2. The van der Waals surface area contributed by atoms with Gasteiger partial charge in [0.15, 0.2) is 0 Å². The summed E-state index contributed by atoms with van der Waals surface area (Å²) in [5.74, 6) is 1.57. The average Bonchev–Trinajstić information content (AvgIpc) is 2.70. The van der Waals surface area contributed by atoms with Crippen LogP contribution in [0.25, 0.3) is 0 Å². The summed E-state index contributed by atoms with van der Waals surface area (Å²) in [6.45, 7) is 10.1. The van der Waals surface area contributed by atoms with Crippen molar-refractivity contribution >= 4 is 6.09 Å². The third-order valence-corrected chi connectivity index (χ3v) is 7.11. The summed E-state index contributed by atoms with van der Waals surface area (Å²) in [4.78, 5) is 12.6. The number of allylic oxidation sites excluding steroid dienone is 4. The summed E-state index contributed by atoms with van der Waals surface area (Å²) in [7, 11) is 0. The molecule has 0 radical (unpaired) electrons. The van der Waals surface area contributed by atoms with Gasteiger partial charge in [-0.1, -0.05) is 37.5 Å². The van der Waals surface area contributed by atoms with E-state index < -0.39 is 0 Å². The Morgan fingerprint density at radius 3 is 2.81 bits per heavy atom.